The van der Waals surface area contributed by atoms with E-state index in [0.29, 0.717) is 6.54 Å². The summed E-state index contributed by atoms with van der Waals surface area (Å²) in [4.78, 5) is 5.42. The van der Waals surface area contributed by atoms with Crippen LogP contribution in [0.4, 0.5) is 0 Å². The number of nitrogens with zero attached hydrogens (tertiary/aromatic N) is 3. The van der Waals surface area contributed by atoms with Gasteiger partial charge in [-0.1, -0.05) is 17.7 Å². The van der Waals surface area contributed by atoms with E-state index >= 15 is 0 Å². The molecule has 0 fully saturated rings. The zero-order valence-electron chi connectivity index (χ0n) is 11.1. The fourth-order valence-electron chi connectivity index (χ4n) is 2.15. The molecule has 3 rings (SSSR count). The van der Waals surface area contributed by atoms with Crippen LogP contribution in [0.2, 0.25) is 0 Å². The van der Waals surface area contributed by atoms with Crippen molar-refractivity contribution in [2.45, 2.75) is 20.3 Å². The van der Waals surface area contributed by atoms with Gasteiger partial charge in [0.05, 0.1) is 5.69 Å². The van der Waals surface area contributed by atoms with Gasteiger partial charge in [0.15, 0.2) is 5.82 Å². The average molecular weight is 272 g/mol. The quantitative estimate of drug-likeness (QED) is 0.797. The molecular formula is C14H16N4S. The van der Waals surface area contributed by atoms with Crippen molar-refractivity contribution in [2.75, 3.05) is 6.54 Å². The van der Waals surface area contributed by atoms with Crippen LogP contribution in [0.5, 0.6) is 0 Å². The first kappa shape index (κ1) is 12.3. The van der Waals surface area contributed by atoms with E-state index in [1.807, 2.05) is 4.52 Å². The first-order chi connectivity index (χ1) is 9.19. The molecule has 0 amide bonds. The van der Waals surface area contributed by atoms with Gasteiger partial charge >= 0.3 is 0 Å². The molecule has 0 saturated carbocycles. The minimum absolute atomic E-state index is 0.580. The number of rotatable bonds is 3. The average Bonchev–Trinajstić information content (AvgIpc) is 2.92. The first-order valence-electron chi connectivity index (χ1n) is 6.30. The Labute approximate surface area is 115 Å². The zero-order chi connectivity index (χ0) is 13.4. The second-order valence-electron chi connectivity index (χ2n) is 4.70. The fourth-order valence-corrected chi connectivity index (χ4v) is 3.00. The van der Waals surface area contributed by atoms with Gasteiger partial charge in [-0.15, -0.1) is 16.4 Å². The Morgan fingerprint density at radius 1 is 1.32 bits per heavy atom. The molecule has 0 aliphatic carbocycles. The first-order valence-corrected chi connectivity index (χ1v) is 7.18. The summed E-state index contributed by atoms with van der Waals surface area (Å²) < 4.78 is 1.93. The molecule has 2 aromatic heterocycles. The number of benzene rings is 1. The lowest BCUT2D eigenvalue weighted by atomic mass is 10.0. The van der Waals surface area contributed by atoms with Crippen molar-refractivity contribution in [3.63, 3.8) is 0 Å². The standard InChI is InChI=1S/C14H16N4S/c1-9-3-4-10(2)11(7-9)12-8-19-14-16-13(5-6-15)17-18(12)14/h3-4,7-8H,5-6,15H2,1-2H3. The Morgan fingerprint density at radius 3 is 2.95 bits per heavy atom. The fraction of sp³-hybridized carbons (Fsp3) is 0.286. The monoisotopic (exact) mass is 272 g/mol. The lowest BCUT2D eigenvalue weighted by Crippen LogP contribution is -2.04. The SMILES string of the molecule is Cc1ccc(C)c(-c2csc3nc(CCN)nn23)c1. The lowest BCUT2D eigenvalue weighted by molar-refractivity contribution is 0.848. The molecule has 0 bridgehead atoms. The molecule has 0 unspecified atom stereocenters. The second kappa shape index (κ2) is 4.75. The van der Waals surface area contributed by atoms with Crippen LogP contribution >= 0.6 is 11.3 Å². The van der Waals surface area contributed by atoms with Crippen molar-refractivity contribution < 1.29 is 0 Å². The third-order valence-corrected chi connectivity index (χ3v) is 3.98. The Balaban J connectivity index is 2.16. The van der Waals surface area contributed by atoms with Crippen LogP contribution in [0.25, 0.3) is 16.2 Å². The zero-order valence-corrected chi connectivity index (χ0v) is 11.9. The summed E-state index contributed by atoms with van der Waals surface area (Å²) in [5.41, 5.74) is 10.4. The minimum atomic E-state index is 0.580. The van der Waals surface area contributed by atoms with Crippen molar-refractivity contribution in [1.82, 2.24) is 14.6 Å². The van der Waals surface area contributed by atoms with Gasteiger partial charge in [-0.05, 0) is 32.0 Å². The summed E-state index contributed by atoms with van der Waals surface area (Å²) in [6, 6.07) is 6.47. The third kappa shape index (κ3) is 2.15. The van der Waals surface area contributed by atoms with E-state index in [0.717, 1.165) is 22.9 Å². The number of aryl methyl sites for hydroxylation is 2. The lowest BCUT2D eigenvalue weighted by Gasteiger charge is -2.05. The number of nitrogens with two attached hydrogens (primary N) is 1. The molecule has 0 radical (unpaired) electrons. The van der Waals surface area contributed by atoms with Gasteiger partial charge in [0.2, 0.25) is 4.96 Å². The van der Waals surface area contributed by atoms with E-state index < -0.39 is 0 Å². The second-order valence-corrected chi connectivity index (χ2v) is 5.54. The number of hydrogen-bond acceptors (Lipinski definition) is 4. The van der Waals surface area contributed by atoms with E-state index in [2.05, 4.69) is 47.5 Å². The highest BCUT2D eigenvalue weighted by Crippen LogP contribution is 2.28. The maximum absolute atomic E-state index is 5.56. The molecule has 3 aromatic rings. The maximum Gasteiger partial charge on any atom is 0.212 e. The van der Waals surface area contributed by atoms with Gasteiger partial charge in [0.25, 0.3) is 0 Å². The van der Waals surface area contributed by atoms with Crippen molar-refractivity contribution in [3.05, 3.63) is 40.5 Å². The molecule has 98 valence electrons. The molecular weight excluding hydrogens is 256 g/mol. The molecule has 0 atom stereocenters. The number of aromatic nitrogens is 3. The Bertz CT molecular complexity index is 726. The molecule has 2 N–H and O–H groups in total. The van der Waals surface area contributed by atoms with Crippen molar-refractivity contribution in [2.24, 2.45) is 5.73 Å². The number of fused-ring (bicyclic) bond motifs is 1. The maximum atomic E-state index is 5.56. The van der Waals surface area contributed by atoms with Crippen LogP contribution in [0.15, 0.2) is 23.6 Å². The van der Waals surface area contributed by atoms with Crippen molar-refractivity contribution in [1.29, 1.82) is 0 Å². The Kier molecular flexibility index (Phi) is 3.08. The van der Waals surface area contributed by atoms with E-state index in [-0.39, 0.29) is 0 Å². The van der Waals surface area contributed by atoms with Crippen LogP contribution in [-0.4, -0.2) is 21.1 Å². The molecule has 0 aliphatic heterocycles. The third-order valence-electron chi connectivity index (χ3n) is 3.16. The predicted molar refractivity (Wildman–Crippen MR) is 78.5 cm³/mol. The van der Waals surface area contributed by atoms with Gasteiger partial charge in [-0.3, -0.25) is 0 Å². The summed E-state index contributed by atoms with van der Waals surface area (Å²) in [6.45, 7) is 4.81. The van der Waals surface area contributed by atoms with Gasteiger partial charge in [-0.25, -0.2) is 9.50 Å². The molecule has 0 saturated heterocycles. The summed E-state index contributed by atoms with van der Waals surface area (Å²) >= 11 is 1.62. The van der Waals surface area contributed by atoms with Crippen LogP contribution in [0.3, 0.4) is 0 Å². The van der Waals surface area contributed by atoms with Gasteiger partial charge in [0.1, 0.15) is 0 Å². The molecule has 4 nitrogen and oxygen atoms in total. The summed E-state index contributed by atoms with van der Waals surface area (Å²) in [6.07, 6.45) is 0.723. The van der Waals surface area contributed by atoms with Crippen LogP contribution in [0, 0.1) is 13.8 Å². The van der Waals surface area contributed by atoms with Gasteiger partial charge in [-0.2, -0.15) is 0 Å². The number of thiazole rings is 1. The smallest absolute Gasteiger partial charge is 0.212 e. The van der Waals surface area contributed by atoms with Crippen molar-refractivity contribution >= 4 is 16.3 Å². The van der Waals surface area contributed by atoms with E-state index in [9.17, 15) is 0 Å². The topological polar surface area (TPSA) is 56.2 Å². The molecule has 1 aromatic carbocycles. The summed E-state index contributed by atoms with van der Waals surface area (Å²) in [5, 5.41) is 6.66. The van der Waals surface area contributed by atoms with E-state index in [1.54, 1.807) is 11.3 Å². The van der Waals surface area contributed by atoms with Crippen LogP contribution in [0.1, 0.15) is 17.0 Å². The van der Waals surface area contributed by atoms with Gasteiger partial charge < -0.3 is 5.73 Å². The van der Waals surface area contributed by atoms with E-state index in [1.165, 1.54) is 16.7 Å². The Morgan fingerprint density at radius 2 is 2.16 bits per heavy atom. The minimum Gasteiger partial charge on any atom is -0.330 e. The largest absolute Gasteiger partial charge is 0.330 e. The van der Waals surface area contributed by atoms with E-state index in [4.69, 9.17) is 5.73 Å². The highest BCUT2D eigenvalue weighted by atomic mass is 32.1. The van der Waals surface area contributed by atoms with Crippen LogP contribution < -0.4 is 5.73 Å². The summed E-state index contributed by atoms with van der Waals surface area (Å²) in [7, 11) is 0. The highest BCUT2D eigenvalue weighted by Gasteiger charge is 2.12. The molecule has 5 heteroatoms. The molecule has 0 aliphatic rings. The molecule has 0 spiro atoms. The normalized spacial score (nSPS) is 11.3. The van der Waals surface area contributed by atoms with Crippen LogP contribution in [-0.2, 0) is 6.42 Å². The molecule has 2 heterocycles. The van der Waals surface area contributed by atoms with Gasteiger partial charge in [0, 0.05) is 17.4 Å². The molecule has 19 heavy (non-hydrogen) atoms. The Hall–Kier alpha value is -1.72. The van der Waals surface area contributed by atoms with Crippen molar-refractivity contribution in [3.8, 4) is 11.3 Å². The predicted octanol–water partition coefficient (Wildman–Crippen LogP) is 2.58. The summed E-state index contributed by atoms with van der Waals surface area (Å²) in [5.74, 6) is 0.820. The number of hydrogen-bond donors (Lipinski definition) is 1. The highest BCUT2D eigenvalue weighted by molar-refractivity contribution is 7.15.